The van der Waals surface area contributed by atoms with Gasteiger partial charge < -0.3 is 19.5 Å². The van der Waals surface area contributed by atoms with E-state index in [-0.39, 0.29) is 22.3 Å². The van der Waals surface area contributed by atoms with Gasteiger partial charge in [0.05, 0.1) is 28.9 Å². The van der Waals surface area contributed by atoms with E-state index in [9.17, 15) is 15.0 Å². The van der Waals surface area contributed by atoms with E-state index in [1.807, 2.05) is 19.9 Å². The van der Waals surface area contributed by atoms with Crippen LogP contribution in [0.5, 0.6) is 17.2 Å². The number of benzene rings is 2. The first kappa shape index (κ1) is 16.9. The molecule has 0 aliphatic carbocycles. The summed E-state index contributed by atoms with van der Waals surface area (Å²) in [5.74, 6) is 0.358. The lowest BCUT2D eigenvalue weighted by atomic mass is 10.0. The van der Waals surface area contributed by atoms with Gasteiger partial charge in [-0.2, -0.15) is 0 Å². The second-order valence-electron chi connectivity index (χ2n) is 6.35. The smallest absolute Gasteiger partial charge is 0.201 e. The molecule has 0 aliphatic rings. The first-order valence-corrected chi connectivity index (χ1v) is 8.03. The van der Waals surface area contributed by atoms with Gasteiger partial charge in [0.2, 0.25) is 5.43 Å². The van der Waals surface area contributed by atoms with Crippen molar-refractivity contribution in [3.63, 3.8) is 0 Å². The van der Waals surface area contributed by atoms with Crippen LogP contribution in [0.2, 0.25) is 0 Å². The predicted molar refractivity (Wildman–Crippen MR) is 99.7 cm³/mol. The molecule has 5 heteroatoms. The molecule has 3 rings (SSSR count). The highest BCUT2D eigenvalue weighted by Crippen LogP contribution is 2.37. The molecule has 5 nitrogen and oxygen atoms in total. The number of hydrogen-bond donors (Lipinski definition) is 2. The number of nitrogens with zero attached hydrogens (tertiary/aromatic N) is 1. The van der Waals surface area contributed by atoms with Gasteiger partial charge in [-0.05, 0) is 32.4 Å². The van der Waals surface area contributed by atoms with E-state index in [2.05, 4.69) is 0 Å². The summed E-state index contributed by atoms with van der Waals surface area (Å²) in [6.07, 6.45) is 2.25. The molecule has 1 heterocycles. The Balaban J connectivity index is 2.48. The number of rotatable bonds is 3. The van der Waals surface area contributed by atoms with Crippen molar-refractivity contribution in [2.75, 3.05) is 7.11 Å². The predicted octanol–water partition coefficient (Wildman–Crippen LogP) is 3.62. The molecular formula is C20H21NO4. The van der Waals surface area contributed by atoms with Crippen molar-refractivity contribution in [3.8, 4) is 17.2 Å². The van der Waals surface area contributed by atoms with Crippen LogP contribution in [0.4, 0.5) is 0 Å². The number of aromatic hydroxyl groups is 2. The molecule has 1 aromatic heterocycles. The third kappa shape index (κ3) is 2.61. The Kier molecular flexibility index (Phi) is 4.17. The lowest BCUT2D eigenvalue weighted by molar-refractivity contribution is 0.418. The van der Waals surface area contributed by atoms with Gasteiger partial charge in [0.15, 0.2) is 0 Å². The maximum absolute atomic E-state index is 13.0. The first-order valence-electron chi connectivity index (χ1n) is 8.03. The second kappa shape index (κ2) is 6.16. The van der Waals surface area contributed by atoms with Crippen LogP contribution in [0.15, 0.2) is 40.7 Å². The number of methoxy groups -OCH3 is 1. The Bertz CT molecular complexity index is 1070. The summed E-state index contributed by atoms with van der Waals surface area (Å²) in [5, 5.41) is 21.7. The molecule has 25 heavy (non-hydrogen) atoms. The highest BCUT2D eigenvalue weighted by atomic mass is 16.5. The van der Waals surface area contributed by atoms with Gasteiger partial charge in [0.1, 0.15) is 17.2 Å². The summed E-state index contributed by atoms with van der Waals surface area (Å²) in [7, 11) is 3.32. The molecule has 2 N–H and O–H groups in total. The van der Waals surface area contributed by atoms with Crippen molar-refractivity contribution < 1.29 is 14.9 Å². The Hall–Kier alpha value is -2.95. The normalized spacial score (nSPS) is 11.0. The lowest BCUT2D eigenvalue weighted by Gasteiger charge is -2.16. The first-order chi connectivity index (χ1) is 11.9. The van der Waals surface area contributed by atoms with E-state index in [1.54, 1.807) is 36.9 Å². The fraction of sp³-hybridized carbons (Fsp3) is 0.250. The number of aryl methyl sites for hydroxylation is 1. The summed E-state index contributed by atoms with van der Waals surface area (Å²) in [6.45, 7) is 3.88. The highest BCUT2D eigenvalue weighted by molar-refractivity contribution is 5.99. The van der Waals surface area contributed by atoms with Crippen LogP contribution in [0.3, 0.4) is 0 Å². The number of para-hydroxylation sites is 1. The minimum absolute atomic E-state index is 0.0354. The number of hydrogen-bond acceptors (Lipinski definition) is 4. The number of phenolic OH excluding ortho intramolecular Hbond substituents is 2. The molecule has 0 spiro atoms. The average Bonchev–Trinajstić information content (AvgIpc) is 2.58. The number of fused-ring (bicyclic) bond motifs is 2. The Morgan fingerprint density at radius 1 is 1.28 bits per heavy atom. The largest absolute Gasteiger partial charge is 0.507 e. The van der Waals surface area contributed by atoms with E-state index in [0.29, 0.717) is 34.2 Å². The van der Waals surface area contributed by atoms with Crippen LogP contribution in [0.25, 0.3) is 21.8 Å². The molecule has 130 valence electrons. The van der Waals surface area contributed by atoms with Gasteiger partial charge >= 0.3 is 0 Å². The van der Waals surface area contributed by atoms with Gasteiger partial charge in [-0.3, -0.25) is 4.79 Å². The summed E-state index contributed by atoms with van der Waals surface area (Å²) in [6, 6.07) is 6.75. The standard InChI is InChI=1S/C20H21NO4/c1-11(2)8-9-12-15(22)10-14-17(19(12)23)20(24)13-6-5-7-16(25-4)18(13)21(14)3/h5-8,10,22-23H,9H2,1-4H3. The lowest BCUT2D eigenvalue weighted by Crippen LogP contribution is -2.11. The van der Waals surface area contributed by atoms with E-state index in [4.69, 9.17) is 4.74 Å². The van der Waals surface area contributed by atoms with Crippen LogP contribution in [0.1, 0.15) is 19.4 Å². The Morgan fingerprint density at radius 3 is 2.64 bits per heavy atom. The minimum Gasteiger partial charge on any atom is -0.507 e. The zero-order valence-electron chi connectivity index (χ0n) is 14.8. The number of aromatic nitrogens is 1. The van der Waals surface area contributed by atoms with Gasteiger partial charge in [-0.15, -0.1) is 0 Å². The fourth-order valence-corrected chi connectivity index (χ4v) is 3.15. The van der Waals surface area contributed by atoms with Gasteiger partial charge in [-0.1, -0.05) is 17.7 Å². The fourth-order valence-electron chi connectivity index (χ4n) is 3.15. The van der Waals surface area contributed by atoms with E-state index in [1.165, 1.54) is 6.07 Å². The van der Waals surface area contributed by atoms with Crippen LogP contribution in [-0.4, -0.2) is 21.9 Å². The molecule has 2 aromatic carbocycles. The number of ether oxygens (including phenoxy) is 1. The van der Waals surface area contributed by atoms with Crippen LogP contribution in [-0.2, 0) is 13.5 Å². The molecule has 0 radical (unpaired) electrons. The van der Waals surface area contributed by atoms with Crippen molar-refractivity contribution in [1.29, 1.82) is 0 Å². The minimum atomic E-state index is -0.280. The van der Waals surface area contributed by atoms with E-state index in [0.717, 1.165) is 5.57 Å². The number of phenols is 2. The summed E-state index contributed by atoms with van der Waals surface area (Å²) < 4.78 is 7.13. The monoisotopic (exact) mass is 339 g/mol. The zero-order chi connectivity index (χ0) is 18.3. The molecule has 0 amide bonds. The van der Waals surface area contributed by atoms with Gasteiger partial charge in [0.25, 0.3) is 0 Å². The summed E-state index contributed by atoms with van der Waals surface area (Å²) >= 11 is 0. The van der Waals surface area contributed by atoms with Crippen LogP contribution >= 0.6 is 0 Å². The van der Waals surface area contributed by atoms with Crippen molar-refractivity contribution in [3.05, 3.63) is 51.7 Å². The van der Waals surface area contributed by atoms with Crippen molar-refractivity contribution in [2.24, 2.45) is 7.05 Å². The Morgan fingerprint density at radius 2 is 2.00 bits per heavy atom. The molecule has 0 atom stereocenters. The molecule has 0 unspecified atom stereocenters. The van der Waals surface area contributed by atoms with Gasteiger partial charge in [-0.25, -0.2) is 0 Å². The molecule has 0 saturated carbocycles. The highest BCUT2D eigenvalue weighted by Gasteiger charge is 2.19. The topological polar surface area (TPSA) is 71.7 Å². The quantitative estimate of drug-likeness (QED) is 0.565. The molecule has 0 saturated heterocycles. The van der Waals surface area contributed by atoms with Crippen LogP contribution in [0, 0.1) is 0 Å². The second-order valence-corrected chi connectivity index (χ2v) is 6.35. The number of allylic oxidation sites excluding steroid dienone is 2. The van der Waals surface area contributed by atoms with Crippen molar-refractivity contribution in [1.82, 2.24) is 4.57 Å². The van der Waals surface area contributed by atoms with Gasteiger partial charge in [0, 0.05) is 18.7 Å². The maximum atomic E-state index is 13.0. The Labute approximate surface area is 145 Å². The van der Waals surface area contributed by atoms with E-state index >= 15 is 0 Å². The molecule has 0 fully saturated rings. The third-order valence-electron chi connectivity index (χ3n) is 4.46. The average molecular weight is 339 g/mol. The van der Waals surface area contributed by atoms with E-state index < -0.39 is 0 Å². The molecule has 0 bridgehead atoms. The van der Waals surface area contributed by atoms with Crippen molar-refractivity contribution in [2.45, 2.75) is 20.3 Å². The number of pyridine rings is 1. The van der Waals surface area contributed by atoms with Crippen LogP contribution < -0.4 is 10.2 Å². The molecular weight excluding hydrogens is 318 g/mol. The molecule has 0 aliphatic heterocycles. The third-order valence-corrected chi connectivity index (χ3v) is 4.46. The molecule has 3 aromatic rings. The SMILES string of the molecule is COc1cccc2c(=O)c3c(O)c(CC=C(C)C)c(O)cc3n(C)c12. The maximum Gasteiger partial charge on any atom is 0.201 e. The van der Waals surface area contributed by atoms with Crippen molar-refractivity contribution >= 4 is 21.8 Å². The summed E-state index contributed by atoms with van der Waals surface area (Å²) in [5.41, 5.74) is 2.22. The zero-order valence-corrected chi connectivity index (χ0v) is 14.8. The summed E-state index contributed by atoms with van der Waals surface area (Å²) in [4.78, 5) is 13.0.